The van der Waals surface area contributed by atoms with E-state index in [0.717, 1.165) is 35.6 Å². The van der Waals surface area contributed by atoms with Gasteiger partial charge in [-0.05, 0) is 42.2 Å². The van der Waals surface area contributed by atoms with Gasteiger partial charge in [-0.25, -0.2) is 4.98 Å². The largest absolute Gasteiger partial charge is 0.338 e. The molecule has 128 valence electrons. The number of carbonyl (C=O) groups is 1. The van der Waals surface area contributed by atoms with Gasteiger partial charge < -0.3 is 10.2 Å². The van der Waals surface area contributed by atoms with Crippen LogP contribution in [0.15, 0.2) is 66.9 Å². The van der Waals surface area contributed by atoms with Crippen LogP contribution in [0.3, 0.4) is 0 Å². The Morgan fingerprint density at radius 1 is 0.923 bits per heavy atom. The first-order valence-corrected chi connectivity index (χ1v) is 8.98. The maximum absolute atomic E-state index is 13.5. The maximum atomic E-state index is 13.5. The van der Waals surface area contributed by atoms with Gasteiger partial charge in [0.2, 0.25) is 5.91 Å². The van der Waals surface area contributed by atoms with E-state index in [0.29, 0.717) is 6.54 Å². The highest BCUT2D eigenvalue weighted by Crippen LogP contribution is 2.37. The summed E-state index contributed by atoms with van der Waals surface area (Å²) in [5.41, 5.74) is 5.48. The van der Waals surface area contributed by atoms with E-state index in [9.17, 15) is 4.79 Å². The summed E-state index contributed by atoms with van der Waals surface area (Å²) in [6, 6.07) is 20.3. The second kappa shape index (κ2) is 5.99. The average Bonchev–Trinajstić information content (AvgIpc) is 3.04. The molecule has 0 saturated carbocycles. The van der Waals surface area contributed by atoms with E-state index in [1.165, 1.54) is 11.1 Å². The first-order chi connectivity index (χ1) is 12.8. The third kappa shape index (κ3) is 2.46. The van der Waals surface area contributed by atoms with Crippen molar-refractivity contribution < 1.29 is 4.79 Å². The molecule has 0 spiro atoms. The first-order valence-electron chi connectivity index (χ1n) is 8.98. The highest BCUT2D eigenvalue weighted by Gasteiger charge is 2.33. The number of para-hydroxylation sites is 2. The number of hydrogen-bond acceptors (Lipinski definition) is 3. The number of nitrogens with one attached hydrogen (secondary N) is 1. The Labute approximate surface area is 152 Å². The number of anilines is 3. The highest BCUT2D eigenvalue weighted by molar-refractivity contribution is 6.00. The number of benzene rings is 2. The van der Waals surface area contributed by atoms with E-state index in [2.05, 4.69) is 34.6 Å². The molecule has 0 radical (unpaired) electrons. The zero-order chi connectivity index (χ0) is 17.5. The Morgan fingerprint density at radius 3 is 2.42 bits per heavy atom. The van der Waals surface area contributed by atoms with Crippen LogP contribution in [0.1, 0.15) is 16.7 Å². The van der Waals surface area contributed by atoms with Gasteiger partial charge in [-0.1, -0.05) is 42.5 Å². The molecule has 0 saturated heterocycles. The molecule has 0 atom stereocenters. The normalized spacial score (nSPS) is 15.5. The van der Waals surface area contributed by atoms with E-state index in [4.69, 9.17) is 0 Å². The van der Waals surface area contributed by atoms with Crippen molar-refractivity contribution in [1.29, 1.82) is 0 Å². The lowest BCUT2D eigenvalue weighted by Gasteiger charge is -2.25. The SMILES string of the molecule is O=C(C1Cc2ccccc2C1)N1Cc2cccnc2Nc2ccccc21. The molecule has 4 nitrogen and oxygen atoms in total. The fourth-order valence-electron chi connectivity index (χ4n) is 4.03. The van der Waals surface area contributed by atoms with Crippen LogP contribution in [0.2, 0.25) is 0 Å². The zero-order valence-corrected chi connectivity index (χ0v) is 14.4. The van der Waals surface area contributed by atoms with Gasteiger partial charge in [0.25, 0.3) is 0 Å². The van der Waals surface area contributed by atoms with Crippen molar-refractivity contribution in [2.45, 2.75) is 19.4 Å². The highest BCUT2D eigenvalue weighted by atomic mass is 16.2. The van der Waals surface area contributed by atoms with Crippen LogP contribution >= 0.6 is 0 Å². The van der Waals surface area contributed by atoms with Gasteiger partial charge in [-0.2, -0.15) is 0 Å². The Balaban J connectivity index is 1.53. The summed E-state index contributed by atoms with van der Waals surface area (Å²) in [5, 5.41) is 3.39. The summed E-state index contributed by atoms with van der Waals surface area (Å²) in [4.78, 5) is 19.8. The summed E-state index contributed by atoms with van der Waals surface area (Å²) in [5.74, 6) is 1.01. The lowest BCUT2D eigenvalue weighted by Crippen LogP contribution is -2.36. The van der Waals surface area contributed by atoms with Crippen molar-refractivity contribution in [3.63, 3.8) is 0 Å². The van der Waals surface area contributed by atoms with Crippen molar-refractivity contribution in [2.24, 2.45) is 5.92 Å². The lowest BCUT2D eigenvalue weighted by atomic mass is 10.0. The molecule has 0 unspecified atom stereocenters. The summed E-state index contributed by atoms with van der Waals surface area (Å²) in [7, 11) is 0. The molecule has 3 aromatic rings. The van der Waals surface area contributed by atoms with Crippen molar-refractivity contribution >= 4 is 23.1 Å². The molecule has 1 aliphatic heterocycles. The van der Waals surface area contributed by atoms with Crippen LogP contribution in [0.4, 0.5) is 17.2 Å². The molecule has 1 aliphatic carbocycles. The first kappa shape index (κ1) is 15.1. The van der Waals surface area contributed by atoms with Gasteiger partial charge in [0.05, 0.1) is 17.9 Å². The molecule has 1 N–H and O–H groups in total. The topological polar surface area (TPSA) is 45.2 Å². The molecule has 26 heavy (non-hydrogen) atoms. The number of fused-ring (bicyclic) bond motifs is 3. The van der Waals surface area contributed by atoms with Crippen LogP contribution in [-0.2, 0) is 24.2 Å². The molecule has 4 heteroatoms. The number of nitrogens with zero attached hydrogens (tertiary/aromatic N) is 2. The standard InChI is InChI=1S/C22H19N3O/c26-22(18-12-15-6-1-2-7-16(15)13-18)25-14-17-8-5-11-23-21(17)24-19-9-3-4-10-20(19)25/h1-11,18H,12-14H2,(H,23,24). The minimum atomic E-state index is -0.00122. The van der Waals surface area contributed by atoms with Gasteiger partial charge in [-0.15, -0.1) is 0 Å². The molecule has 1 aromatic heterocycles. The van der Waals surface area contributed by atoms with Gasteiger partial charge in [-0.3, -0.25) is 4.79 Å². The molecule has 0 fully saturated rings. The van der Waals surface area contributed by atoms with Gasteiger partial charge >= 0.3 is 0 Å². The summed E-state index contributed by atoms with van der Waals surface area (Å²) < 4.78 is 0. The molecule has 0 bridgehead atoms. The van der Waals surface area contributed by atoms with Gasteiger partial charge in [0.15, 0.2) is 0 Å². The smallest absolute Gasteiger partial charge is 0.231 e. The molecule has 5 rings (SSSR count). The number of amides is 1. The van der Waals surface area contributed by atoms with E-state index in [1.54, 1.807) is 6.20 Å². The molecular weight excluding hydrogens is 322 g/mol. The van der Waals surface area contributed by atoms with E-state index >= 15 is 0 Å². The van der Waals surface area contributed by atoms with Crippen molar-refractivity contribution in [2.75, 3.05) is 10.2 Å². The third-order valence-corrected chi connectivity index (χ3v) is 5.33. The van der Waals surface area contributed by atoms with Crippen LogP contribution in [0, 0.1) is 5.92 Å². The Morgan fingerprint density at radius 2 is 1.62 bits per heavy atom. The number of aromatic nitrogens is 1. The van der Waals surface area contributed by atoms with E-state index in [1.807, 2.05) is 41.3 Å². The number of carbonyl (C=O) groups excluding carboxylic acids is 1. The second-order valence-corrected chi connectivity index (χ2v) is 6.95. The maximum Gasteiger partial charge on any atom is 0.231 e. The third-order valence-electron chi connectivity index (χ3n) is 5.33. The Bertz CT molecular complexity index is 973. The summed E-state index contributed by atoms with van der Waals surface area (Å²) >= 11 is 0. The average molecular weight is 341 g/mol. The predicted molar refractivity (Wildman–Crippen MR) is 102 cm³/mol. The predicted octanol–water partition coefficient (Wildman–Crippen LogP) is 4.09. The van der Waals surface area contributed by atoms with E-state index < -0.39 is 0 Å². The monoisotopic (exact) mass is 341 g/mol. The fraction of sp³-hybridized carbons (Fsp3) is 0.182. The van der Waals surface area contributed by atoms with Crippen LogP contribution in [-0.4, -0.2) is 10.9 Å². The van der Waals surface area contributed by atoms with E-state index in [-0.39, 0.29) is 11.8 Å². The van der Waals surface area contributed by atoms with Crippen molar-refractivity contribution in [3.05, 3.63) is 83.6 Å². The minimum Gasteiger partial charge on any atom is -0.338 e. The van der Waals surface area contributed by atoms with Crippen LogP contribution in [0.25, 0.3) is 0 Å². The number of hydrogen-bond donors (Lipinski definition) is 1. The lowest BCUT2D eigenvalue weighted by molar-refractivity contribution is -0.122. The van der Waals surface area contributed by atoms with Crippen molar-refractivity contribution in [1.82, 2.24) is 4.98 Å². The molecule has 2 heterocycles. The zero-order valence-electron chi connectivity index (χ0n) is 14.4. The summed E-state index contributed by atoms with van der Waals surface area (Å²) in [6.45, 7) is 0.541. The van der Waals surface area contributed by atoms with Crippen LogP contribution < -0.4 is 10.2 Å². The van der Waals surface area contributed by atoms with Gasteiger partial charge in [0.1, 0.15) is 5.82 Å². The Hall–Kier alpha value is -3.14. The molecular formula is C22H19N3O. The molecule has 2 aliphatic rings. The number of pyridine rings is 1. The summed E-state index contributed by atoms with van der Waals surface area (Å²) in [6.07, 6.45) is 3.42. The van der Waals surface area contributed by atoms with Crippen LogP contribution in [0.5, 0.6) is 0 Å². The van der Waals surface area contributed by atoms with Crippen molar-refractivity contribution in [3.8, 4) is 0 Å². The fourth-order valence-corrected chi connectivity index (χ4v) is 4.03. The molecule has 1 amide bonds. The quantitative estimate of drug-likeness (QED) is 0.725. The Kier molecular flexibility index (Phi) is 3.49. The molecule has 2 aromatic carbocycles. The minimum absolute atomic E-state index is 0.00122. The number of rotatable bonds is 1. The second-order valence-electron chi connectivity index (χ2n) is 6.95. The van der Waals surface area contributed by atoms with Gasteiger partial charge in [0, 0.05) is 17.7 Å².